The lowest BCUT2D eigenvalue weighted by molar-refractivity contribution is 0.571. The summed E-state index contributed by atoms with van der Waals surface area (Å²) in [5.41, 5.74) is 1.26. The zero-order valence-corrected chi connectivity index (χ0v) is 15.6. The molecular formula is C21H25N2P. The van der Waals surface area contributed by atoms with Crippen LogP contribution in [0.5, 0.6) is 0 Å². The van der Waals surface area contributed by atoms with Gasteiger partial charge in [0.25, 0.3) is 0 Å². The van der Waals surface area contributed by atoms with Crippen molar-refractivity contribution in [2.75, 3.05) is 6.16 Å². The van der Waals surface area contributed by atoms with Gasteiger partial charge in [-0.15, -0.1) is 0 Å². The third-order valence-corrected chi connectivity index (χ3v) is 6.61. The smallest absolute Gasteiger partial charge is 0.0949 e. The molecule has 1 aromatic heterocycles. The van der Waals surface area contributed by atoms with E-state index in [1.807, 2.05) is 6.33 Å². The fourth-order valence-corrected chi connectivity index (χ4v) is 5.02. The van der Waals surface area contributed by atoms with Crippen LogP contribution in [0.25, 0.3) is 0 Å². The van der Waals surface area contributed by atoms with E-state index in [4.69, 9.17) is 0 Å². The Hall–Kier alpha value is -1.92. The van der Waals surface area contributed by atoms with E-state index in [0.29, 0.717) is 0 Å². The van der Waals surface area contributed by atoms with Gasteiger partial charge in [-0.25, -0.2) is 4.98 Å². The molecule has 0 aliphatic heterocycles. The van der Waals surface area contributed by atoms with Gasteiger partial charge in [0.2, 0.25) is 0 Å². The van der Waals surface area contributed by atoms with Crippen LogP contribution >= 0.6 is 7.92 Å². The van der Waals surface area contributed by atoms with Crippen molar-refractivity contribution >= 4 is 18.5 Å². The molecule has 0 aliphatic carbocycles. The summed E-state index contributed by atoms with van der Waals surface area (Å²) in [5.74, 6) is 0. The van der Waals surface area contributed by atoms with Crippen molar-refractivity contribution in [3.8, 4) is 0 Å². The topological polar surface area (TPSA) is 17.8 Å². The largest absolute Gasteiger partial charge is 0.337 e. The first kappa shape index (κ1) is 16.9. The van der Waals surface area contributed by atoms with Crippen molar-refractivity contribution in [3.63, 3.8) is 0 Å². The number of hydrogen-bond acceptors (Lipinski definition) is 1. The summed E-state index contributed by atoms with van der Waals surface area (Å²) in [4.78, 5) is 4.58. The summed E-state index contributed by atoms with van der Waals surface area (Å²) in [6, 6.07) is 21.8. The molecule has 3 heteroatoms. The first-order chi connectivity index (χ1) is 11.5. The van der Waals surface area contributed by atoms with Crippen LogP contribution in [0.15, 0.2) is 73.2 Å². The highest BCUT2D eigenvalue weighted by Crippen LogP contribution is 2.33. The predicted octanol–water partition coefficient (Wildman–Crippen LogP) is 4.31. The number of aryl methyl sites for hydroxylation is 1. The molecule has 0 bridgehead atoms. The zero-order chi connectivity index (χ0) is 17.0. The van der Waals surface area contributed by atoms with Gasteiger partial charge in [0, 0.05) is 18.2 Å². The van der Waals surface area contributed by atoms with Crippen molar-refractivity contribution in [1.82, 2.24) is 9.55 Å². The number of aromatic nitrogens is 2. The maximum absolute atomic E-state index is 4.58. The van der Waals surface area contributed by atoms with E-state index in [1.54, 1.807) is 0 Å². The highest BCUT2D eigenvalue weighted by atomic mass is 31.1. The standard InChI is InChI=1S/C21H25N2P/c1-21(2,3)20-16-23(17-22-20)14-15-24(18-10-6-4-7-11-18)19-12-8-5-9-13-19/h4-13,16-17H,14-15H2,1-3H3. The van der Waals surface area contributed by atoms with Crippen molar-refractivity contribution < 1.29 is 0 Å². The molecule has 2 aromatic carbocycles. The number of nitrogens with zero attached hydrogens (tertiary/aromatic N) is 2. The molecule has 3 aromatic rings. The zero-order valence-electron chi connectivity index (χ0n) is 14.7. The summed E-state index contributed by atoms with van der Waals surface area (Å²) in [6.07, 6.45) is 5.30. The molecule has 0 atom stereocenters. The van der Waals surface area contributed by atoms with E-state index >= 15 is 0 Å². The first-order valence-corrected chi connectivity index (χ1v) is 9.96. The summed E-state index contributed by atoms with van der Waals surface area (Å²) >= 11 is 0. The molecule has 0 spiro atoms. The molecule has 0 unspecified atom stereocenters. The normalized spacial score (nSPS) is 11.8. The Kier molecular flexibility index (Phi) is 5.16. The van der Waals surface area contributed by atoms with E-state index in [-0.39, 0.29) is 13.3 Å². The average Bonchev–Trinajstić information content (AvgIpc) is 3.06. The average molecular weight is 336 g/mol. The molecule has 2 nitrogen and oxygen atoms in total. The minimum Gasteiger partial charge on any atom is -0.337 e. The highest BCUT2D eigenvalue weighted by molar-refractivity contribution is 7.73. The second-order valence-electron chi connectivity index (χ2n) is 7.07. The van der Waals surface area contributed by atoms with Crippen molar-refractivity contribution in [2.45, 2.75) is 32.7 Å². The number of hydrogen-bond donors (Lipinski definition) is 0. The molecule has 24 heavy (non-hydrogen) atoms. The maximum Gasteiger partial charge on any atom is 0.0949 e. The molecular weight excluding hydrogens is 311 g/mol. The Morgan fingerprint density at radius 2 is 1.42 bits per heavy atom. The Labute approximate surface area is 146 Å². The van der Waals surface area contributed by atoms with Crippen molar-refractivity contribution in [1.29, 1.82) is 0 Å². The maximum atomic E-state index is 4.58. The van der Waals surface area contributed by atoms with Gasteiger partial charge in [-0.05, 0) is 24.7 Å². The van der Waals surface area contributed by atoms with Crippen molar-refractivity contribution in [3.05, 3.63) is 78.9 Å². The molecule has 0 aliphatic rings. The molecule has 0 saturated heterocycles. The Morgan fingerprint density at radius 1 is 0.875 bits per heavy atom. The number of benzene rings is 2. The van der Waals surface area contributed by atoms with Crippen LogP contribution in [0.3, 0.4) is 0 Å². The number of imidazole rings is 1. The van der Waals surface area contributed by atoms with Crippen LogP contribution in [0, 0.1) is 0 Å². The van der Waals surface area contributed by atoms with E-state index in [1.165, 1.54) is 10.6 Å². The van der Waals surface area contributed by atoms with Gasteiger partial charge in [0.1, 0.15) is 0 Å². The van der Waals surface area contributed by atoms with Crippen LogP contribution in [0.4, 0.5) is 0 Å². The Morgan fingerprint density at radius 3 is 1.88 bits per heavy atom. The minimum atomic E-state index is -0.342. The van der Waals surface area contributed by atoms with Gasteiger partial charge in [-0.3, -0.25) is 0 Å². The second-order valence-corrected chi connectivity index (χ2v) is 9.41. The lowest BCUT2D eigenvalue weighted by Crippen LogP contribution is -2.16. The number of rotatable bonds is 5. The van der Waals surface area contributed by atoms with Crippen LogP contribution in [-0.2, 0) is 12.0 Å². The summed E-state index contributed by atoms with van der Waals surface area (Å²) < 4.78 is 2.24. The predicted molar refractivity (Wildman–Crippen MR) is 105 cm³/mol. The third kappa shape index (κ3) is 4.13. The molecule has 0 saturated carbocycles. The fourth-order valence-electron chi connectivity index (χ4n) is 2.71. The molecule has 1 heterocycles. The quantitative estimate of drug-likeness (QED) is 0.635. The van der Waals surface area contributed by atoms with E-state index < -0.39 is 0 Å². The van der Waals surface area contributed by atoms with Gasteiger partial charge in [0.15, 0.2) is 0 Å². The van der Waals surface area contributed by atoms with Gasteiger partial charge in [-0.2, -0.15) is 0 Å². The first-order valence-electron chi connectivity index (χ1n) is 8.44. The van der Waals surface area contributed by atoms with Crippen LogP contribution in [0.2, 0.25) is 0 Å². The lowest BCUT2D eigenvalue weighted by atomic mass is 9.93. The van der Waals surface area contributed by atoms with Gasteiger partial charge < -0.3 is 4.57 Å². The van der Waals surface area contributed by atoms with Crippen LogP contribution in [-0.4, -0.2) is 15.7 Å². The highest BCUT2D eigenvalue weighted by Gasteiger charge is 2.17. The molecule has 0 fully saturated rings. The molecule has 0 radical (unpaired) electrons. The third-order valence-electron chi connectivity index (χ3n) is 4.12. The second kappa shape index (κ2) is 7.32. The van der Waals surface area contributed by atoms with Gasteiger partial charge >= 0.3 is 0 Å². The molecule has 3 rings (SSSR count). The van der Waals surface area contributed by atoms with Crippen molar-refractivity contribution in [2.24, 2.45) is 0 Å². The van der Waals surface area contributed by atoms with Gasteiger partial charge in [0.05, 0.1) is 12.0 Å². The lowest BCUT2D eigenvalue weighted by Gasteiger charge is -2.19. The SMILES string of the molecule is CC(C)(C)c1cn(CCP(c2ccccc2)c2ccccc2)cn1. The van der Waals surface area contributed by atoms with E-state index in [9.17, 15) is 0 Å². The minimum absolute atomic E-state index is 0.106. The Balaban J connectivity index is 1.79. The van der Waals surface area contributed by atoms with Crippen LogP contribution in [0.1, 0.15) is 26.5 Å². The summed E-state index contributed by atoms with van der Waals surface area (Å²) in [6.45, 7) is 7.63. The fraction of sp³-hybridized carbons (Fsp3) is 0.286. The molecule has 0 amide bonds. The molecule has 124 valence electrons. The Bertz CT molecular complexity index is 718. The summed E-state index contributed by atoms with van der Waals surface area (Å²) in [7, 11) is -0.342. The van der Waals surface area contributed by atoms with Gasteiger partial charge in [-0.1, -0.05) is 81.4 Å². The molecule has 0 N–H and O–H groups in total. The van der Waals surface area contributed by atoms with E-state index in [0.717, 1.165) is 18.4 Å². The summed E-state index contributed by atoms with van der Waals surface area (Å²) in [5, 5.41) is 2.88. The monoisotopic (exact) mass is 336 g/mol. The van der Waals surface area contributed by atoms with E-state index in [2.05, 4.69) is 97.2 Å². The van der Waals surface area contributed by atoms with Crippen LogP contribution < -0.4 is 10.6 Å².